The number of rotatable bonds is 7. The largest absolute Gasteiger partial charge is 0.494 e. The molecule has 1 rings (SSSR count). The highest BCUT2D eigenvalue weighted by atomic mass is 19.3. The van der Waals surface area contributed by atoms with Gasteiger partial charge in [-0.2, -0.15) is 0 Å². The Bertz CT molecular complexity index is 331. The van der Waals surface area contributed by atoms with Gasteiger partial charge in [-0.1, -0.05) is 26.0 Å². The molecule has 1 aromatic rings. The van der Waals surface area contributed by atoms with Crippen molar-refractivity contribution >= 4 is 0 Å². The van der Waals surface area contributed by atoms with Gasteiger partial charge in [-0.15, -0.1) is 0 Å². The summed E-state index contributed by atoms with van der Waals surface area (Å²) in [4.78, 5) is 0. The molecule has 0 saturated heterocycles. The van der Waals surface area contributed by atoms with Gasteiger partial charge in [-0.25, -0.2) is 8.78 Å². The highest BCUT2D eigenvalue weighted by molar-refractivity contribution is 5.31. The molecule has 0 aliphatic carbocycles. The maximum atomic E-state index is 12.9. The molecule has 0 bridgehead atoms. The van der Waals surface area contributed by atoms with Crippen molar-refractivity contribution < 1.29 is 13.5 Å². The molecule has 0 aromatic heterocycles. The molecule has 0 spiro atoms. The summed E-state index contributed by atoms with van der Waals surface area (Å²) in [7, 11) is 0. The summed E-state index contributed by atoms with van der Waals surface area (Å²) in [5.41, 5.74) is 0.565. The summed E-state index contributed by atoms with van der Waals surface area (Å²) >= 11 is 0. The van der Waals surface area contributed by atoms with Crippen molar-refractivity contribution in [2.75, 3.05) is 13.2 Å². The molecule has 0 amide bonds. The molecule has 1 aromatic carbocycles. The summed E-state index contributed by atoms with van der Waals surface area (Å²) in [6, 6.07) is 5.97. The van der Waals surface area contributed by atoms with Gasteiger partial charge in [0, 0.05) is 0 Å². The number of halogens is 2. The minimum atomic E-state index is -2.42. The fourth-order valence-electron chi connectivity index (χ4n) is 1.59. The number of nitrogens with one attached hydrogen (secondary N) is 1. The molecule has 0 saturated carbocycles. The molecule has 1 N–H and O–H groups in total. The Morgan fingerprint density at radius 1 is 1.29 bits per heavy atom. The van der Waals surface area contributed by atoms with Crippen molar-refractivity contribution in [2.45, 2.75) is 32.7 Å². The van der Waals surface area contributed by atoms with Crippen molar-refractivity contribution in [3.8, 4) is 5.75 Å². The van der Waals surface area contributed by atoms with Gasteiger partial charge in [0.25, 0.3) is 6.43 Å². The first kappa shape index (κ1) is 13.9. The summed E-state index contributed by atoms with van der Waals surface area (Å²) in [6.07, 6.45) is -1.52. The van der Waals surface area contributed by atoms with E-state index in [1.807, 2.05) is 13.8 Å². The van der Waals surface area contributed by atoms with E-state index in [-0.39, 0.29) is 0 Å². The Hall–Kier alpha value is -1.16. The lowest BCUT2D eigenvalue weighted by molar-refractivity contribution is 0.0991. The number of hydrogen-bond acceptors (Lipinski definition) is 2. The second-order valence-corrected chi connectivity index (χ2v) is 3.79. The zero-order valence-corrected chi connectivity index (χ0v) is 10.2. The van der Waals surface area contributed by atoms with Crippen LogP contribution in [0, 0.1) is 0 Å². The lowest BCUT2D eigenvalue weighted by Crippen LogP contribution is -2.27. The van der Waals surface area contributed by atoms with Gasteiger partial charge >= 0.3 is 0 Å². The third-order valence-corrected chi connectivity index (χ3v) is 2.37. The highest BCUT2D eigenvalue weighted by Crippen LogP contribution is 2.24. The van der Waals surface area contributed by atoms with Crippen LogP contribution in [-0.2, 0) is 0 Å². The lowest BCUT2D eigenvalue weighted by Gasteiger charge is -2.18. The maximum Gasteiger partial charge on any atom is 0.257 e. The van der Waals surface area contributed by atoms with E-state index in [9.17, 15) is 8.78 Å². The monoisotopic (exact) mass is 243 g/mol. The number of benzene rings is 1. The van der Waals surface area contributed by atoms with E-state index < -0.39 is 12.5 Å². The maximum absolute atomic E-state index is 12.9. The van der Waals surface area contributed by atoms with Gasteiger partial charge < -0.3 is 10.1 Å². The van der Waals surface area contributed by atoms with E-state index in [0.717, 1.165) is 6.42 Å². The molecular weight excluding hydrogens is 224 g/mol. The fraction of sp³-hybridized carbons (Fsp3) is 0.538. The summed E-state index contributed by atoms with van der Waals surface area (Å²) in [5, 5.41) is 2.78. The third kappa shape index (κ3) is 4.30. The first-order valence-electron chi connectivity index (χ1n) is 5.93. The molecular formula is C13H19F2NO. The zero-order valence-electron chi connectivity index (χ0n) is 10.2. The predicted molar refractivity (Wildman–Crippen MR) is 64.6 cm³/mol. The van der Waals surface area contributed by atoms with Gasteiger partial charge in [0.1, 0.15) is 5.75 Å². The molecule has 1 atom stereocenters. The summed E-state index contributed by atoms with van der Waals surface area (Å²) in [6.45, 7) is 4.93. The lowest BCUT2D eigenvalue weighted by atomic mass is 10.1. The van der Waals surface area contributed by atoms with Crippen molar-refractivity contribution in [1.82, 2.24) is 5.32 Å². The first-order valence-corrected chi connectivity index (χ1v) is 5.93. The Labute approximate surface area is 101 Å². The molecule has 0 aliphatic rings. The Balaban J connectivity index is 2.80. The minimum absolute atomic E-state index is 0.509. The van der Waals surface area contributed by atoms with Crippen LogP contribution in [0.15, 0.2) is 24.3 Å². The number of alkyl halides is 2. The molecule has 4 heteroatoms. The van der Waals surface area contributed by atoms with Gasteiger partial charge in [-0.3, -0.25) is 0 Å². The summed E-state index contributed by atoms with van der Waals surface area (Å²) < 4.78 is 31.1. The Morgan fingerprint density at radius 3 is 2.65 bits per heavy atom. The zero-order chi connectivity index (χ0) is 12.7. The smallest absolute Gasteiger partial charge is 0.257 e. The van der Waals surface area contributed by atoms with Gasteiger partial charge in [0.05, 0.1) is 12.6 Å². The van der Waals surface area contributed by atoms with Crippen LogP contribution >= 0.6 is 0 Å². The SMILES string of the molecule is CCCOc1cccc(C(NCC)C(F)F)c1. The average Bonchev–Trinajstić information content (AvgIpc) is 2.33. The Morgan fingerprint density at radius 2 is 2.06 bits per heavy atom. The predicted octanol–water partition coefficient (Wildman–Crippen LogP) is 3.39. The topological polar surface area (TPSA) is 21.3 Å². The molecule has 1 unspecified atom stereocenters. The second-order valence-electron chi connectivity index (χ2n) is 3.79. The molecule has 96 valence electrons. The van der Waals surface area contributed by atoms with Gasteiger partial charge in [0.15, 0.2) is 0 Å². The van der Waals surface area contributed by atoms with Crippen molar-refractivity contribution in [3.05, 3.63) is 29.8 Å². The van der Waals surface area contributed by atoms with E-state index in [4.69, 9.17) is 4.74 Å². The quantitative estimate of drug-likeness (QED) is 0.792. The van der Waals surface area contributed by atoms with Gasteiger partial charge in [0.2, 0.25) is 0 Å². The van der Waals surface area contributed by atoms with E-state index in [1.165, 1.54) is 0 Å². The van der Waals surface area contributed by atoms with Crippen LogP contribution in [0.2, 0.25) is 0 Å². The van der Waals surface area contributed by atoms with Crippen molar-refractivity contribution in [2.24, 2.45) is 0 Å². The fourth-order valence-corrected chi connectivity index (χ4v) is 1.59. The minimum Gasteiger partial charge on any atom is -0.494 e. The van der Waals surface area contributed by atoms with E-state index >= 15 is 0 Å². The molecule has 0 heterocycles. The Kier molecular flexibility index (Phi) is 5.91. The van der Waals surface area contributed by atoms with E-state index in [0.29, 0.717) is 24.5 Å². The number of ether oxygens (including phenoxy) is 1. The van der Waals surface area contributed by atoms with Crippen LogP contribution in [0.3, 0.4) is 0 Å². The van der Waals surface area contributed by atoms with Gasteiger partial charge in [-0.05, 0) is 30.7 Å². The van der Waals surface area contributed by atoms with Crippen LogP contribution in [-0.4, -0.2) is 19.6 Å². The third-order valence-electron chi connectivity index (χ3n) is 2.37. The van der Waals surface area contributed by atoms with Crippen LogP contribution in [0.5, 0.6) is 5.75 Å². The standard InChI is InChI=1S/C13H19F2NO/c1-3-8-17-11-7-5-6-10(9-11)12(13(14)15)16-4-2/h5-7,9,12-13,16H,3-4,8H2,1-2H3. The first-order chi connectivity index (χ1) is 8.19. The number of hydrogen-bond donors (Lipinski definition) is 1. The molecule has 0 fully saturated rings. The molecule has 2 nitrogen and oxygen atoms in total. The molecule has 0 radical (unpaired) electrons. The molecule has 17 heavy (non-hydrogen) atoms. The van der Waals surface area contributed by atoms with E-state index in [2.05, 4.69) is 5.32 Å². The normalized spacial score (nSPS) is 12.8. The highest BCUT2D eigenvalue weighted by Gasteiger charge is 2.21. The van der Waals surface area contributed by atoms with Crippen LogP contribution in [0.4, 0.5) is 8.78 Å². The van der Waals surface area contributed by atoms with Crippen LogP contribution < -0.4 is 10.1 Å². The van der Waals surface area contributed by atoms with Crippen LogP contribution in [0.25, 0.3) is 0 Å². The summed E-state index contributed by atoms with van der Waals surface area (Å²) in [5.74, 6) is 0.646. The second kappa shape index (κ2) is 7.22. The molecule has 0 aliphatic heterocycles. The van der Waals surface area contributed by atoms with Crippen molar-refractivity contribution in [3.63, 3.8) is 0 Å². The van der Waals surface area contributed by atoms with Crippen LogP contribution in [0.1, 0.15) is 31.9 Å². The van der Waals surface area contributed by atoms with E-state index in [1.54, 1.807) is 24.3 Å². The average molecular weight is 243 g/mol. The van der Waals surface area contributed by atoms with Crippen molar-refractivity contribution in [1.29, 1.82) is 0 Å².